The molecule has 0 aliphatic carbocycles. The van der Waals surface area contributed by atoms with Crippen LogP contribution in [0.3, 0.4) is 0 Å². The average molecular weight is 516 g/mol. The Morgan fingerprint density at radius 3 is 2.45 bits per heavy atom. The summed E-state index contributed by atoms with van der Waals surface area (Å²) in [4.78, 5) is 0. The number of ether oxygens (including phenoxy) is 2. The minimum absolute atomic E-state index is 0.459. The van der Waals surface area contributed by atoms with Gasteiger partial charge in [-0.05, 0) is 76.5 Å². The van der Waals surface area contributed by atoms with Gasteiger partial charge < -0.3 is 9.47 Å². The third-order valence-electron chi connectivity index (χ3n) is 4.14. The van der Waals surface area contributed by atoms with Gasteiger partial charge in [0, 0.05) is 5.02 Å². The molecule has 5 heteroatoms. The average Bonchev–Trinajstić information content (AvgIpc) is 2.73. The molecule has 3 aromatic rings. The first-order chi connectivity index (χ1) is 14.1. The molecule has 0 unspecified atom stereocenters. The summed E-state index contributed by atoms with van der Waals surface area (Å²) in [5.41, 5.74) is 3.33. The van der Waals surface area contributed by atoms with Crippen LogP contribution in [0.4, 0.5) is 0 Å². The van der Waals surface area contributed by atoms with Crippen LogP contribution in [0, 0.1) is 14.9 Å². The molecule has 3 nitrogen and oxygen atoms in total. The van der Waals surface area contributed by atoms with E-state index in [0.717, 1.165) is 20.3 Å². The van der Waals surface area contributed by atoms with Gasteiger partial charge in [0.2, 0.25) is 0 Å². The molecule has 0 fully saturated rings. The normalized spacial score (nSPS) is 11.0. The van der Waals surface area contributed by atoms with Crippen LogP contribution in [-0.2, 0) is 6.61 Å². The molecule has 0 radical (unpaired) electrons. The summed E-state index contributed by atoms with van der Waals surface area (Å²) >= 11 is 8.19. The van der Waals surface area contributed by atoms with Gasteiger partial charge >= 0.3 is 0 Å². The maximum Gasteiger partial charge on any atom is 0.175 e. The lowest BCUT2D eigenvalue weighted by Crippen LogP contribution is -2.02. The van der Waals surface area contributed by atoms with Crippen molar-refractivity contribution in [3.8, 4) is 17.6 Å². The van der Waals surface area contributed by atoms with E-state index in [1.807, 2.05) is 67.6 Å². The smallest absolute Gasteiger partial charge is 0.175 e. The van der Waals surface area contributed by atoms with Crippen molar-refractivity contribution in [1.82, 2.24) is 0 Å². The van der Waals surface area contributed by atoms with E-state index in [4.69, 9.17) is 21.1 Å². The van der Waals surface area contributed by atoms with Gasteiger partial charge in [0.1, 0.15) is 6.61 Å². The molecule has 0 saturated carbocycles. The summed E-state index contributed by atoms with van der Waals surface area (Å²) in [6.07, 6.45) is 1.84. The highest BCUT2D eigenvalue weighted by Gasteiger charge is 2.13. The van der Waals surface area contributed by atoms with Gasteiger partial charge in [-0.2, -0.15) is 5.26 Å². The standard InChI is InChI=1S/C24H19ClINO2/c1-2-28-23-14-18(12-20(15-27)19-8-10-21(25)11-9-19)13-22(26)24(23)29-16-17-6-4-3-5-7-17/h3-14H,2,16H2,1H3/b20-12-. The third kappa shape index (κ3) is 5.75. The molecule has 29 heavy (non-hydrogen) atoms. The molecule has 0 bridgehead atoms. The van der Waals surface area contributed by atoms with Crippen LogP contribution in [0.15, 0.2) is 66.7 Å². The molecule has 0 amide bonds. The zero-order valence-corrected chi connectivity index (χ0v) is 18.8. The Kier molecular flexibility index (Phi) is 7.56. The van der Waals surface area contributed by atoms with E-state index in [1.54, 1.807) is 12.1 Å². The van der Waals surface area contributed by atoms with E-state index in [1.165, 1.54) is 0 Å². The van der Waals surface area contributed by atoms with Gasteiger partial charge in [-0.3, -0.25) is 0 Å². The Balaban J connectivity index is 1.92. The number of benzene rings is 3. The fraction of sp³-hybridized carbons (Fsp3) is 0.125. The molecule has 0 N–H and O–H groups in total. The van der Waals surface area contributed by atoms with Gasteiger partial charge in [0.05, 0.1) is 21.8 Å². The van der Waals surface area contributed by atoms with Crippen molar-refractivity contribution in [3.05, 3.63) is 92.0 Å². The highest BCUT2D eigenvalue weighted by atomic mass is 127. The first-order valence-electron chi connectivity index (χ1n) is 9.11. The van der Waals surface area contributed by atoms with Gasteiger partial charge in [-0.15, -0.1) is 0 Å². The number of nitriles is 1. The molecule has 0 spiro atoms. The summed E-state index contributed by atoms with van der Waals surface area (Å²) < 4.78 is 12.8. The van der Waals surface area contributed by atoms with E-state index >= 15 is 0 Å². The molecule has 3 rings (SSSR count). The van der Waals surface area contributed by atoms with Crippen LogP contribution < -0.4 is 9.47 Å². The first-order valence-corrected chi connectivity index (χ1v) is 10.6. The molecule has 0 heterocycles. The summed E-state index contributed by atoms with van der Waals surface area (Å²) in [7, 11) is 0. The Morgan fingerprint density at radius 2 is 1.79 bits per heavy atom. The largest absolute Gasteiger partial charge is 0.490 e. The molecule has 3 aromatic carbocycles. The molecule has 0 atom stereocenters. The van der Waals surface area contributed by atoms with E-state index in [9.17, 15) is 5.26 Å². The number of hydrogen-bond acceptors (Lipinski definition) is 3. The predicted octanol–water partition coefficient (Wildman–Crippen LogP) is 6.99. The molecular formula is C24H19ClINO2. The van der Waals surface area contributed by atoms with Gasteiger partial charge in [-0.1, -0.05) is 54.1 Å². The molecule has 0 saturated heterocycles. The number of halogens is 2. The number of rotatable bonds is 7. The lowest BCUT2D eigenvalue weighted by Gasteiger charge is -2.15. The number of hydrogen-bond donors (Lipinski definition) is 0. The first kappa shape index (κ1) is 21.2. The Morgan fingerprint density at radius 1 is 1.07 bits per heavy atom. The van der Waals surface area contributed by atoms with Crippen molar-refractivity contribution in [2.24, 2.45) is 0 Å². The van der Waals surface area contributed by atoms with Crippen LogP contribution in [0.5, 0.6) is 11.5 Å². The monoisotopic (exact) mass is 515 g/mol. The van der Waals surface area contributed by atoms with E-state index < -0.39 is 0 Å². The van der Waals surface area contributed by atoms with E-state index in [0.29, 0.717) is 35.3 Å². The quantitative estimate of drug-likeness (QED) is 0.194. The fourth-order valence-corrected chi connectivity index (χ4v) is 3.69. The molecule has 0 aliphatic rings. The second kappa shape index (κ2) is 10.3. The van der Waals surface area contributed by atoms with Crippen LogP contribution in [0.2, 0.25) is 5.02 Å². The van der Waals surface area contributed by atoms with E-state index in [-0.39, 0.29) is 0 Å². The zero-order valence-electron chi connectivity index (χ0n) is 15.9. The molecular weight excluding hydrogens is 497 g/mol. The maximum atomic E-state index is 9.61. The lowest BCUT2D eigenvalue weighted by atomic mass is 10.0. The van der Waals surface area contributed by atoms with Crippen LogP contribution in [0.25, 0.3) is 11.6 Å². The van der Waals surface area contributed by atoms with Crippen LogP contribution in [0.1, 0.15) is 23.6 Å². The van der Waals surface area contributed by atoms with Crippen molar-refractivity contribution >= 4 is 45.8 Å². The second-order valence-electron chi connectivity index (χ2n) is 6.21. The van der Waals surface area contributed by atoms with Crippen molar-refractivity contribution in [3.63, 3.8) is 0 Å². The van der Waals surface area contributed by atoms with Crippen molar-refractivity contribution in [2.45, 2.75) is 13.5 Å². The Labute approximate surface area is 189 Å². The van der Waals surface area contributed by atoms with Crippen molar-refractivity contribution in [2.75, 3.05) is 6.61 Å². The Hall–Kier alpha value is -2.49. The second-order valence-corrected chi connectivity index (χ2v) is 7.81. The third-order valence-corrected chi connectivity index (χ3v) is 5.20. The molecule has 146 valence electrons. The van der Waals surface area contributed by atoms with Gasteiger partial charge in [0.15, 0.2) is 11.5 Å². The maximum absolute atomic E-state index is 9.61. The highest BCUT2D eigenvalue weighted by molar-refractivity contribution is 14.1. The topological polar surface area (TPSA) is 42.2 Å². The van der Waals surface area contributed by atoms with Crippen LogP contribution >= 0.6 is 34.2 Å². The molecule has 0 aliphatic heterocycles. The summed E-state index contributed by atoms with van der Waals surface area (Å²) in [5.74, 6) is 1.37. The minimum atomic E-state index is 0.459. The summed E-state index contributed by atoms with van der Waals surface area (Å²) in [6.45, 7) is 2.92. The predicted molar refractivity (Wildman–Crippen MR) is 126 cm³/mol. The van der Waals surface area contributed by atoms with Gasteiger partial charge in [0.25, 0.3) is 0 Å². The zero-order chi connectivity index (χ0) is 20.6. The summed E-state index contributed by atoms with van der Waals surface area (Å²) in [6, 6.07) is 23.4. The van der Waals surface area contributed by atoms with Gasteiger partial charge in [-0.25, -0.2) is 0 Å². The highest BCUT2D eigenvalue weighted by Crippen LogP contribution is 2.36. The SMILES string of the molecule is CCOc1cc(/C=C(/C#N)c2ccc(Cl)cc2)cc(I)c1OCc1ccccc1. The summed E-state index contributed by atoms with van der Waals surface area (Å²) in [5, 5.41) is 10.2. The minimum Gasteiger partial charge on any atom is -0.490 e. The van der Waals surface area contributed by atoms with Crippen molar-refractivity contribution < 1.29 is 9.47 Å². The lowest BCUT2D eigenvalue weighted by molar-refractivity contribution is 0.267. The van der Waals surface area contributed by atoms with E-state index in [2.05, 4.69) is 28.7 Å². The fourth-order valence-electron chi connectivity index (χ4n) is 2.78. The Bertz CT molecular complexity index is 1040. The number of allylic oxidation sites excluding steroid dienone is 1. The van der Waals surface area contributed by atoms with Crippen molar-refractivity contribution in [1.29, 1.82) is 5.26 Å². The molecule has 0 aromatic heterocycles. The van der Waals surface area contributed by atoms with Crippen LogP contribution in [-0.4, -0.2) is 6.61 Å². The number of nitrogens with zero attached hydrogens (tertiary/aromatic N) is 1.